The summed E-state index contributed by atoms with van der Waals surface area (Å²) in [6, 6.07) is 7.81. The molecule has 0 radical (unpaired) electrons. The molecule has 0 fully saturated rings. The van der Waals surface area contributed by atoms with Crippen molar-refractivity contribution >= 4 is 11.6 Å². The Labute approximate surface area is 103 Å². The number of para-hydroxylation sites is 1. The number of nitrogens with zero attached hydrogens (tertiary/aromatic N) is 1. The second-order valence-corrected chi connectivity index (χ2v) is 5.14. The van der Waals surface area contributed by atoms with Crippen LogP contribution in [0.5, 0.6) is 0 Å². The van der Waals surface area contributed by atoms with E-state index < -0.39 is 0 Å². The molecule has 1 rings (SSSR count). The van der Waals surface area contributed by atoms with Crippen molar-refractivity contribution in [2.24, 2.45) is 0 Å². The van der Waals surface area contributed by atoms with E-state index in [9.17, 15) is 4.79 Å². The van der Waals surface area contributed by atoms with Gasteiger partial charge in [0.05, 0.1) is 5.60 Å². The van der Waals surface area contributed by atoms with Crippen LogP contribution in [0.2, 0.25) is 0 Å². The maximum absolute atomic E-state index is 11.9. The summed E-state index contributed by atoms with van der Waals surface area (Å²) >= 11 is 0. The van der Waals surface area contributed by atoms with Gasteiger partial charge in [0.1, 0.15) is 6.61 Å². The molecule has 0 spiro atoms. The molecule has 0 saturated carbocycles. The number of benzene rings is 1. The van der Waals surface area contributed by atoms with Crippen molar-refractivity contribution in [3.05, 3.63) is 29.8 Å². The van der Waals surface area contributed by atoms with Gasteiger partial charge < -0.3 is 9.64 Å². The number of carbonyl (C=O) groups is 1. The number of carbonyl (C=O) groups excluding carboxylic acids is 1. The number of amides is 1. The molecule has 0 bridgehead atoms. The van der Waals surface area contributed by atoms with Gasteiger partial charge in [0.2, 0.25) is 0 Å². The van der Waals surface area contributed by atoms with Crippen LogP contribution in [0.25, 0.3) is 0 Å². The molecule has 0 unspecified atom stereocenters. The number of rotatable bonds is 3. The predicted octanol–water partition coefficient (Wildman–Crippen LogP) is 2.77. The van der Waals surface area contributed by atoms with Crippen LogP contribution in [-0.4, -0.2) is 25.2 Å². The average Bonchev–Trinajstić information content (AvgIpc) is 2.24. The molecule has 0 heterocycles. The summed E-state index contributed by atoms with van der Waals surface area (Å²) in [6.07, 6.45) is 0. The first kappa shape index (κ1) is 13.7. The van der Waals surface area contributed by atoms with E-state index in [1.807, 2.05) is 52.0 Å². The molecular formula is C14H21NO2. The predicted molar refractivity (Wildman–Crippen MR) is 70.3 cm³/mol. The Bertz CT molecular complexity index is 393. The molecule has 0 aliphatic carbocycles. The van der Waals surface area contributed by atoms with E-state index in [-0.39, 0.29) is 18.1 Å². The molecule has 0 atom stereocenters. The quantitative estimate of drug-likeness (QED) is 0.806. The SMILES string of the molecule is Cc1ccccc1N(C)C(=O)COC(C)(C)C. The number of hydrogen-bond donors (Lipinski definition) is 0. The van der Waals surface area contributed by atoms with Gasteiger partial charge in [-0.15, -0.1) is 0 Å². The maximum atomic E-state index is 11.9. The third kappa shape index (κ3) is 4.19. The van der Waals surface area contributed by atoms with Crippen LogP contribution in [0, 0.1) is 6.92 Å². The van der Waals surface area contributed by atoms with E-state index in [1.54, 1.807) is 11.9 Å². The summed E-state index contributed by atoms with van der Waals surface area (Å²) in [5.74, 6) is -0.0331. The van der Waals surface area contributed by atoms with Crippen molar-refractivity contribution in [2.75, 3.05) is 18.6 Å². The topological polar surface area (TPSA) is 29.5 Å². The second kappa shape index (κ2) is 5.32. The van der Waals surface area contributed by atoms with Gasteiger partial charge in [0, 0.05) is 12.7 Å². The minimum absolute atomic E-state index is 0.0331. The Morgan fingerprint density at radius 3 is 2.41 bits per heavy atom. The van der Waals surface area contributed by atoms with Gasteiger partial charge in [-0.25, -0.2) is 0 Å². The Kier molecular flexibility index (Phi) is 4.29. The van der Waals surface area contributed by atoms with Crippen LogP contribution in [-0.2, 0) is 9.53 Å². The number of likely N-dealkylation sites (N-methyl/N-ethyl adjacent to an activating group) is 1. The Hall–Kier alpha value is -1.35. The molecular weight excluding hydrogens is 214 g/mol. The smallest absolute Gasteiger partial charge is 0.252 e. The van der Waals surface area contributed by atoms with Gasteiger partial charge in [-0.3, -0.25) is 4.79 Å². The van der Waals surface area contributed by atoms with E-state index in [4.69, 9.17) is 4.74 Å². The summed E-state index contributed by atoms with van der Waals surface area (Å²) in [7, 11) is 1.77. The molecule has 1 amide bonds. The third-order valence-corrected chi connectivity index (χ3v) is 2.48. The molecule has 17 heavy (non-hydrogen) atoms. The number of aryl methyl sites for hydroxylation is 1. The zero-order valence-electron chi connectivity index (χ0n) is 11.3. The zero-order chi connectivity index (χ0) is 13.1. The number of anilines is 1. The van der Waals surface area contributed by atoms with Gasteiger partial charge in [-0.05, 0) is 39.3 Å². The largest absolute Gasteiger partial charge is 0.366 e. The number of ether oxygens (including phenoxy) is 1. The summed E-state index contributed by atoms with van der Waals surface area (Å²) in [5.41, 5.74) is 1.72. The lowest BCUT2D eigenvalue weighted by Gasteiger charge is -2.23. The van der Waals surface area contributed by atoms with Gasteiger partial charge in [0.15, 0.2) is 0 Å². The molecule has 3 heteroatoms. The minimum Gasteiger partial charge on any atom is -0.366 e. The first-order valence-electron chi connectivity index (χ1n) is 5.77. The van der Waals surface area contributed by atoms with Crippen LogP contribution >= 0.6 is 0 Å². The summed E-state index contributed by atoms with van der Waals surface area (Å²) < 4.78 is 5.48. The minimum atomic E-state index is -0.289. The molecule has 0 aliphatic heterocycles. The highest BCUT2D eigenvalue weighted by Crippen LogP contribution is 2.18. The van der Waals surface area contributed by atoms with Crippen LogP contribution in [0.3, 0.4) is 0 Å². The fourth-order valence-corrected chi connectivity index (χ4v) is 1.45. The third-order valence-electron chi connectivity index (χ3n) is 2.48. The van der Waals surface area contributed by atoms with Crippen molar-refractivity contribution in [2.45, 2.75) is 33.3 Å². The molecule has 0 aliphatic rings. The highest BCUT2D eigenvalue weighted by atomic mass is 16.5. The normalized spacial score (nSPS) is 11.4. The second-order valence-electron chi connectivity index (χ2n) is 5.14. The summed E-state index contributed by atoms with van der Waals surface area (Å²) in [4.78, 5) is 13.6. The molecule has 1 aromatic rings. The zero-order valence-corrected chi connectivity index (χ0v) is 11.3. The van der Waals surface area contributed by atoms with E-state index >= 15 is 0 Å². The molecule has 3 nitrogen and oxygen atoms in total. The highest BCUT2D eigenvalue weighted by Gasteiger charge is 2.17. The monoisotopic (exact) mass is 235 g/mol. The Balaban J connectivity index is 2.68. The lowest BCUT2D eigenvalue weighted by molar-refractivity contribution is -0.127. The van der Waals surface area contributed by atoms with Crippen molar-refractivity contribution < 1.29 is 9.53 Å². The first-order valence-corrected chi connectivity index (χ1v) is 5.77. The van der Waals surface area contributed by atoms with Crippen molar-refractivity contribution in [3.63, 3.8) is 0 Å². The first-order chi connectivity index (χ1) is 7.81. The van der Waals surface area contributed by atoms with Crippen LogP contribution < -0.4 is 4.90 Å². The fourth-order valence-electron chi connectivity index (χ4n) is 1.45. The van der Waals surface area contributed by atoms with E-state index in [0.717, 1.165) is 11.3 Å². The molecule has 0 saturated heterocycles. The maximum Gasteiger partial charge on any atom is 0.252 e. The summed E-state index contributed by atoms with van der Waals surface area (Å²) in [5, 5.41) is 0. The van der Waals surface area contributed by atoms with E-state index in [0.29, 0.717) is 0 Å². The number of hydrogen-bond acceptors (Lipinski definition) is 2. The van der Waals surface area contributed by atoms with Gasteiger partial charge >= 0.3 is 0 Å². The van der Waals surface area contributed by atoms with Crippen LogP contribution in [0.1, 0.15) is 26.3 Å². The van der Waals surface area contributed by atoms with Crippen molar-refractivity contribution in [1.82, 2.24) is 0 Å². The summed E-state index contributed by atoms with van der Waals surface area (Å²) in [6.45, 7) is 7.91. The lowest BCUT2D eigenvalue weighted by atomic mass is 10.2. The highest BCUT2D eigenvalue weighted by molar-refractivity contribution is 5.94. The average molecular weight is 235 g/mol. The van der Waals surface area contributed by atoms with Gasteiger partial charge in [-0.1, -0.05) is 18.2 Å². The van der Waals surface area contributed by atoms with E-state index in [1.165, 1.54) is 0 Å². The van der Waals surface area contributed by atoms with Gasteiger partial charge in [-0.2, -0.15) is 0 Å². The Morgan fingerprint density at radius 2 is 1.88 bits per heavy atom. The van der Waals surface area contributed by atoms with Crippen LogP contribution in [0.15, 0.2) is 24.3 Å². The lowest BCUT2D eigenvalue weighted by Crippen LogP contribution is -2.34. The fraction of sp³-hybridized carbons (Fsp3) is 0.500. The van der Waals surface area contributed by atoms with Crippen molar-refractivity contribution in [1.29, 1.82) is 0 Å². The molecule has 1 aromatic carbocycles. The molecule has 94 valence electrons. The standard InChI is InChI=1S/C14H21NO2/c1-11-8-6-7-9-12(11)15(5)13(16)10-17-14(2,3)4/h6-9H,10H2,1-5H3. The van der Waals surface area contributed by atoms with Crippen molar-refractivity contribution in [3.8, 4) is 0 Å². The molecule has 0 aromatic heterocycles. The van der Waals surface area contributed by atoms with Crippen LogP contribution in [0.4, 0.5) is 5.69 Å². The molecule has 0 N–H and O–H groups in total. The van der Waals surface area contributed by atoms with Gasteiger partial charge in [0.25, 0.3) is 5.91 Å². The van der Waals surface area contributed by atoms with E-state index in [2.05, 4.69) is 0 Å². The Morgan fingerprint density at radius 1 is 1.29 bits per heavy atom.